The highest BCUT2D eigenvalue weighted by Gasteiger charge is 2.42. The molecule has 2 aliphatic carbocycles. The molecule has 3 rings (SSSR count). The van der Waals surface area contributed by atoms with Crippen molar-refractivity contribution in [2.45, 2.75) is 69.7 Å². The summed E-state index contributed by atoms with van der Waals surface area (Å²) in [6.07, 6.45) is 9.87. The lowest BCUT2D eigenvalue weighted by molar-refractivity contribution is -0.153. The topological polar surface area (TPSA) is 79.0 Å². The summed E-state index contributed by atoms with van der Waals surface area (Å²) in [6.45, 7) is 3.05. The molecule has 158 valence electrons. The Hall–Kier alpha value is -1.63. The van der Waals surface area contributed by atoms with Crippen molar-refractivity contribution < 1.29 is 19.1 Å². The van der Waals surface area contributed by atoms with Gasteiger partial charge in [-0.1, -0.05) is 38.5 Å². The first kappa shape index (κ1) is 21.1. The van der Waals surface area contributed by atoms with E-state index in [1.165, 1.54) is 26.4 Å². The van der Waals surface area contributed by atoms with E-state index in [0.717, 1.165) is 32.1 Å². The van der Waals surface area contributed by atoms with E-state index in [-0.39, 0.29) is 24.3 Å². The Morgan fingerprint density at radius 3 is 2.14 bits per heavy atom. The smallest absolute Gasteiger partial charge is 0.331 e. The Balaban J connectivity index is 1.46. The highest BCUT2D eigenvalue weighted by molar-refractivity contribution is 5.89. The van der Waals surface area contributed by atoms with E-state index in [1.807, 2.05) is 4.90 Å². The van der Waals surface area contributed by atoms with Crippen LogP contribution in [-0.2, 0) is 19.1 Å². The zero-order valence-electron chi connectivity index (χ0n) is 17.2. The summed E-state index contributed by atoms with van der Waals surface area (Å²) in [5.74, 6) is 0.0493. The predicted molar refractivity (Wildman–Crippen MR) is 106 cm³/mol. The maximum atomic E-state index is 12.7. The van der Waals surface area contributed by atoms with E-state index in [9.17, 15) is 14.4 Å². The van der Waals surface area contributed by atoms with Gasteiger partial charge < -0.3 is 15.0 Å². The Morgan fingerprint density at radius 1 is 0.929 bits per heavy atom. The number of methoxy groups -OCH3 is 1. The van der Waals surface area contributed by atoms with E-state index in [1.54, 1.807) is 0 Å². The number of piperazine rings is 1. The van der Waals surface area contributed by atoms with Crippen LogP contribution in [0.5, 0.6) is 0 Å². The molecule has 0 spiro atoms. The van der Waals surface area contributed by atoms with Crippen LogP contribution in [0.15, 0.2) is 0 Å². The number of ether oxygens (including phenoxy) is 1. The number of carbonyl (C=O) groups excluding carboxylic acids is 3. The number of amides is 2. The van der Waals surface area contributed by atoms with Gasteiger partial charge >= 0.3 is 5.97 Å². The molecule has 7 nitrogen and oxygen atoms in total. The first-order valence-electron chi connectivity index (χ1n) is 10.9. The SMILES string of the molecule is COC(=O)C1(NC(=O)CN2CCN(C(=O)C3CCCCC3)CC2)CCCCC1. The summed E-state index contributed by atoms with van der Waals surface area (Å²) in [6, 6.07) is 0. The first-order valence-corrected chi connectivity index (χ1v) is 10.9. The van der Waals surface area contributed by atoms with Crippen LogP contribution >= 0.6 is 0 Å². The van der Waals surface area contributed by atoms with E-state index in [0.29, 0.717) is 44.9 Å². The largest absolute Gasteiger partial charge is 0.467 e. The summed E-state index contributed by atoms with van der Waals surface area (Å²) < 4.78 is 4.97. The highest BCUT2D eigenvalue weighted by atomic mass is 16.5. The zero-order chi connectivity index (χ0) is 20.0. The molecule has 28 heavy (non-hydrogen) atoms. The van der Waals surface area contributed by atoms with Crippen LogP contribution in [0.1, 0.15) is 64.2 Å². The lowest BCUT2D eigenvalue weighted by Gasteiger charge is -2.38. The fourth-order valence-corrected chi connectivity index (χ4v) is 4.97. The van der Waals surface area contributed by atoms with E-state index < -0.39 is 5.54 Å². The van der Waals surface area contributed by atoms with Gasteiger partial charge in [-0.05, 0) is 25.7 Å². The number of carbonyl (C=O) groups is 3. The van der Waals surface area contributed by atoms with E-state index >= 15 is 0 Å². The summed E-state index contributed by atoms with van der Waals surface area (Å²) >= 11 is 0. The number of esters is 1. The van der Waals surface area contributed by atoms with Crippen molar-refractivity contribution in [2.75, 3.05) is 39.8 Å². The lowest BCUT2D eigenvalue weighted by atomic mass is 9.81. The summed E-state index contributed by atoms with van der Waals surface area (Å²) in [4.78, 5) is 41.6. The van der Waals surface area contributed by atoms with Gasteiger partial charge in [-0.15, -0.1) is 0 Å². The standard InChI is InChI=1S/C21H35N3O4/c1-28-20(27)21(10-6-3-7-11-21)22-18(25)16-23-12-14-24(15-13-23)19(26)17-8-4-2-5-9-17/h17H,2-16H2,1H3,(H,22,25). The molecule has 0 bridgehead atoms. The fraction of sp³-hybridized carbons (Fsp3) is 0.857. The van der Waals surface area contributed by atoms with Gasteiger partial charge in [0.05, 0.1) is 13.7 Å². The molecular formula is C21H35N3O4. The molecule has 7 heteroatoms. The highest BCUT2D eigenvalue weighted by Crippen LogP contribution is 2.29. The Kier molecular flexibility index (Phi) is 7.32. The van der Waals surface area contributed by atoms with Crippen molar-refractivity contribution in [1.82, 2.24) is 15.1 Å². The van der Waals surface area contributed by atoms with Crippen molar-refractivity contribution in [3.05, 3.63) is 0 Å². The van der Waals surface area contributed by atoms with Crippen LogP contribution in [0, 0.1) is 5.92 Å². The minimum absolute atomic E-state index is 0.126. The van der Waals surface area contributed by atoms with Crippen LogP contribution in [0.4, 0.5) is 0 Å². The van der Waals surface area contributed by atoms with E-state index in [2.05, 4.69) is 10.2 Å². The quantitative estimate of drug-likeness (QED) is 0.720. The van der Waals surface area contributed by atoms with Crippen LogP contribution in [0.3, 0.4) is 0 Å². The Bertz CT molecular complexity index is 560. The second-order valence-electron chi connectivity index (χ2n) is 8.62. The summed E-state index contributed by atoms with van der Waals surface area (Å²) in [5.41, 5.74) is -0.858. The zero-order valence-corrected chi connectivity index (χ0v) is 17.2. The fourth-order valence-electron chi connectivity index (χ4n) is 4.97. The van der Waals surface area contributed by atoms with Gasteiger partial charge in [0, 0.05) is 32.1 Å². The molecule has 1 heterocycles. The molecule has 0 radical (unpaired) electrons. The molecule has 1 aliphatic heterocycles. The maximum Gasteiger partial charge on any atom is 0.331 e. The molecular weight excluding hydrogens is 358 g/mol. The van der Waals surface area contributed by atoms with Gasteiger partial charge in [0.15, 0.2) is 0 Å². The monoisotopic (exact) mass is 393 g/mol. The van der Waals surface area contributed by atoms with Crippen LogP contribution in [0.25, 0.3) is 0 Å². The maximum absolute atomic E-state index is 12.7. The molecule has 2 saturated carbocycles. The summed E-state index contributed by atoms with van der Waals surface area (Å²) in [5, 5.41) is 2.98. The predicted octanol–water partition coefficient (Wildman–Crippen LogP) is 1.70. The molecule has 3 fully saturated rings. The third kappa shape index (κ3) is 5.04. The van der Waals surface area contributed by atoms with Gasteiger partial charge in [0.25, 0.3) is 0 Å². The Morgan fingerprint density at radius 2 is 1.54 bits per heavy atom. The number of hydrogen-bond acceptors (Lipinski definition) is 5. The van der Waals surface area contributed by atoms with Crippen LogP contribution in [-0.4, -0.2) is 73.0 Å². The molecule has 0 atom stereocenters. The average Bonchev–Trinajstić information content (AvgIpc) is 2.74. The molecule has 2 amide bonds. The number of rotatable bonds is 5. The molecule has 1 saturated heterocycles. The second-order valence-corrected chi connectivity index (χ2v) is 8.62. The van der Waals surface area contributed by atoms with Gasteiger partial charge in [-0.2, -0.15) is 0 Å². The van der Waals surface area contributed by atoms with Crippen molar-refractivity contribution in [3.63, 3.8) is 0 Å². The van der Waals surface area contributed by atoms with Crippen molar-refractivity contribution in [1.29, 1.82) is 0 Å². The van der Waals surface area contributed by atoms with Gasteiger partial charge in [-0.3, -0.25) is 14.5 Å². The van der Waals surface area contributed by atoms with E-state index in [4.69, 9.17) is 4.74 Å². The Labute approximate surface area is 168 Å². The molecule has 0 aromatic heterocycles. The minimum atomic E-state index is -0.858. The molecule has 0 unspecified atom stereocenters. The third-order valence-corrected chi connectivity index (χ3v) is 6.67. The van der Waals surface area contributed by atoms with Crippen LogP contribution in [0.2, 0.25) is 0 Å². The van der Waals surface area contributed by atoms with Gasteiger partial charge in [-0.25, -0.2) is 4.79 Å². The molecule has 1 N–H and O–H groups in total. The minimum Gasteiger partial charge on any atom is -0.467 e. The van der Waals surface area contributed by atoms with Crippen LogP contribution < -0.4 is 5.32 Å². The second kappa shape index (κ2) is 9.72. The third-order valence-electron chi connectivity index (χ3n) is 6.67. The van der Waals surface area contributed by atoms with Crippen molar-refractivity contribution in [3.8, 4) is 0 Å². The first-order chi connectivity index (χ1) is 13.5. The van der Waals surface area contributed by atoms with Crippen molar-refractivity contribution in [2.24, 2.45) is 5.92 Å². The van der Waals surface area contributed by atoms with Crippen molar-refractivity contribution >= 4 is 17.8 Å². The van der Waals surface area contributed by atoms with Gasteiger partial charge in [0.1, 0.15) is 5.54 Å². The normalized spacial score (nSPS) is 23.8. The molecule has 0 aromatic carbocycles. The number of nitrogens with zero attached hydrogens (tertiary/aromatic N) is 2. The van der Waals surface area contributed by atoms with Gasteiger partial charge in [0.2, 0.25) is 11.8 Å². The molecule has 0 aromatic rings. The summed E-state index contributed by atoms with van der Waals surface area (Å²) in [7, 11) is 1.38. The average molecular weight is 394 g/mol. The molecule has 3 aliphatic rings. The number of hydrogen-bond donors (Lipinski definition) is 1. The lowest BCUT2D eigenvalue weighted by Crippen LogP contribution is -2.59. The number of nitrogens with one attached hydrogen (secondary N) is 1.